The van der Waals surface area contributed by atoms with Crippen LogP contribution >= 0.6 is 58.0 Å². The molecule has 558 valence electrons. The standard InChI is InChI=1S/C74H84Cl5N7O18/c1-39-34-56(85(67(97)103-73(18,19)20)62(92)58(43(5)88)80-86(68(98)104-74(21,22)23)57-36-45(31-33-50(57)78)60(90)83(65(95)101-71(12,13)14)53-29-25-27-48(76)41(53)3)51(79)37-54(39)84(66(96)102-72(15,16)17)61(91)46(42(4)87)38-81(63(93)99-69(6,7)8)55-35-44(30-32-49(55)77)59(89)82(64(94)100-70(9,10)11)52-28-24-26-47(75)40(52)2/h24-38H,1-23H3. The molecular formula is C74H84Cl5N7O18. The van der Waals surface area contributed by atoms with Crippen LogP contribution in [0.1, 0.15) is 176 Å². The number of imide groups is 4. The van der Waals surface area contributed by atoms with E-state index in [0.717, 1.165) is 44.2 Å². The number of hydrogen-bond donors (Lipinski definition) is 0. The van der Waals surface area contributed by atoms with Crippen LogP contribution in [0, 0.1) is 20.8 Å². The molecule has 5 aromatic rings. The first-order valence-corrected chi connectivity index (χ1v) is 33.9. The molecule has 0 N–H and O–H groups in total. The molecule has 0 aromatic heterocycles. The summed E-state index contributed by atoms with van der Waals surface area (Å²) in [5.41, 5.74) is -12.2. The number of hydrazone groups is 1. The summed E-state index contributed by atoms with van der Waals surface area (Å²) < 4.78 is 34.3. The molecule has 0 unspecified atom stereocenters. The number of benzene rings is 5. The molecule has 0 bridgehead atoms. The summed E-state index contributed by atoms with van der Waals surface area (Å²) in [5.74, 6) is -7.57. The van der Waals surface area contributed by atoms with Gasteiger partial charge in [0.1, 0.15) is 33.6 Å². The molecule has 0 radical (unpaired) electrons. The number of nitrogens with zero attached hydrogens (tertiary/aromatic N) is 7. The molecule has 0 fully saturated rings. The van der Waals surface area contributed by atoms with Crippen molar-refractivity contribution in [3.63, 3.8) is 0 Å². The third-order valence-corrected chi connectivity index (χ3v) is 15.2. The fraction of sp³-hybridized carbons (Fsp3) is 0.392. The van der Waals surface area contributed by atoms with Crippen molar-refractivity contribution in [3.8, 4) is 0 Å². The zero-order chi connectivity index (χ0) is 79.3. The summed E-state index contributed by atoms with van der Waals surface area (Å²) in [6.45, 7) is 33.2. The number of Topliss-reactive ketones (excluding diaryl/α,β-unsaturated/α-hetero) is 2. The van der Waals surface area contributed by atoms with Crippen LogP contribution in [0.2, 0.25) is 25.1 Å². The number of anilines is 6. The molecule has 0 aliphatic rings. The molecule has 0 spiro atoms. The van der Waals surface area contributed by atoms with Gasteiger partial charge in [-0.3, -0.25) is 33.7 Å². The summed E-state index contributed by atoms with van der Waals surface area (Å²) in [4.78, 5) is 179. The predicted octanol–water partition coefficient (Wildman–Crippen LogP) is 18.9. The summed E-state index contributed by atoms with van der Waals surface area (Å²) >= 11 is 33.8. The third kappa shape index (κ3) is 22.3. The Morgan fingerprint density at radius 1 is 0.356 bits per heavy atom. The summed E-state index contributed by atoms with van der Waals surface area (Å²) in [6, 6.07) is 17.7. The van der Waals surface area contributed by atoms with E-state index < -0.39 is 144 Å². The van der Waals surface area contributed by atoms with Crippen LogP contribution in [0.5, 0.6) is 0 Å². The Hall–Kier alpha value is -9.40. The first-order chi connectivity index (χ1) is 47.4. The lowest BCUT2D eigenvalue weighted by molar-refractivity contribution is -0.120. The van der Waals surface area contributed by atoms with Crippen molar-refractivity contribution in [1.29, 1.82) is 0 Å². The SMILES string of the molecule is CC(=O)C(=CN(C(=O)OC(C)(C)C)c1cc(C(=O)N(C(=O)OC(C)(C)C)c2cccc(Cl)c2C)ccc1Cl)C(=O)N(C(=O)OC(C)(C)C)c1cc(Cl)c(N(C(=O)OC(C)(C)C)C(=O)C(=NN(C(=O)OC(C)(C)C)c2cc(C(=O)N(C(=O)OC(C)(C)C)c3cccc(Cl)c3C)ccc2Cl)C(C)=O)cc1C. The summed E-state index contributed by atoms with van der Waals surface area (Å²) in [6.07, 6.45) is -7.27. The number of aryl methyl sites for hydroxylation is 1. The van der Waals surface area contributed by atoms with Crippen molar-refractivity contribution in [2.45, 2.75) is 193 Å². The molecule has 5 rings (SSSR count). The van der Waals surface area contributed by atoms with Crippen molar-refractivity contribution in [1.82, 2.24) is 0 Å². The highest BCUT2D eigenvalue weighted by Crippen LogP contribution is 2.40. The second-order valence-corrected chi connectivity index (χ2v) is 31.5. The van der Waals surface area contributed by atoms with Gasteiger partial charge in [-0.25, -0.2) is 48.4 Å². The highest BCUT2D eigenvalue weighted by atomic mass is 35.5. The maximum atomic E-state index is 15.6. The Kier molecular flexibility index (Phi) is 26.8. The van der Waals surface area contributed by atoms with Crippen LogP contribution in [-0.4, -0.2) is 111 Å². The van der Waals surface area contributed by atoms with Gasteiger partial charge in [0, 0.05) is 34.3 Å². The van der Waals surface area contributed by atoms with Gasteiger partial charge in [0.25, 0.3) is 23.6 Å². The lowest BCUT2D eigenvalue weighted by Gasteiger charge is -2.30. The second kappa shape index (κ2) is 32.7. The molecule has 10 amide bonds. The van der Waals surface area contributed by atoms with Gasteiger partial charge in [-0.2, -0.15) is 10.1 Å². The van der Waals surface area contributed by atoms with Crippen LogP contribution in [0.3, 0.4) is 0 Å². The maximum absolute atomic E-state index is 15.6. The number of carbonyl (C=O) groups excluding carboxylic acids is 12. The van der Waals surface area contributed by atoms with Crippen LogP contribution in [0.25, 0.3) is 0 Å². The first kappa shape index (κ1) is 85.2. The smallest absolute Gasteiger partial charge is 0.435 e. The quantitative estimate of drug-likeness (QED) is 0.0249. The highest BCUT2D eigenvalue weighted by molar-refractivity contribution is 6.69. The van der Waals surface area contributed by atoms with E-state index in [4.69, 9.17) is 86.4 Å². The minimum absolute atomic E-state index is 0.00602. The molecule has 0 aliphatic heterocycles. The van der Waals surface area contributed by atoms with Crippen molar-refractivity contribution in [3.05, 3.63) is 150 Å². The Morgan fingerprint density at radius 3 is 1.10 bits per heavy atom. The average Bonchev–Trinajstić information content (AvgIpc) is 0.776. The minimum atomic E-state index is -1.64. The minimum Gasteiger partial charge on any atom is -0.443 e. The van der Waals surface area contributed by atoms with Crippen LogP contribution < -0.4 is 29.5 Å². The highest BCUT2D eigenvalue weighted by Gasteiger charge is 2.42. The lowest BCUT2D eigenvalue weighted by Crippen LogP contribution is -2.47. The lowest BCUT2D eigenvalue weighted by atomic mass is 10.1. The molecule has 0 aliphatic carbocycles. The number of amides is 10. The second-order valence-electron chi connectivity index (χ2n) is 29.4. The van der Waals surface area contributed by atoms with E-state index in [1.165, 1.54) is 145 Å². The fourth-order valence-corrected chi connectivity index (χ4v) is 10.1. The van der Waals surface area contributed by atoms with Gasteiger partial charge in [-0.05, 0) is 242 Å². The van der Waals surface area contributed by atoms with E-state index in [0.29, 0.717) is 41.9 Å². The molecule has 25 nitrogen and oxygen atoms in total. The van der Waals surface area contributed by atoms with Crippen molar-refractivity contribution in [2.75, 3.05) is 29.5 Å². The number of ketones is 2. The van der Waals surface area contributed by atoms with E-state index in [9.17, 15) is 47.9 Å². The maximum Gasteiger partial charge on any atom is 0.435 e. The zero-order valence-corrected chi connectivity index (χ0v) is 65.8. The van der Waals surface area contributed by atoms with E-state index in [2.05, 4.69) is 5.10 Å². The summed E-state index contributed by atoms with van der Waals surface area (Å²) in [7, 11) is 0. The molecule has 0 heterocycles. The first-order valence-electron chi connectivity index (χ1n) is 32.0. The van der Waals surface area contributed by atoms with Crippen molar-refractivity contribution >= 4 is 170 Å². The van der Waals surface area contributed by atoms with E-state index in [-0.39, 0.29) is 53.1 Å². The molecule has 5 aromatic carbocycles. The van der Waals surface area contributed by atoms with Gasteiger partial charge < -0.3 is 28.4 Å². The number of hydrogen-bond acceptors (Lipinski definition) is 19. The fourth-order valence-electron chi connectivity index (χ4n) is 9.08. The topological polar surface area (TPSA) is 292 Å². The molecule has 104 heavy (non-hydrogen) atoms. The molecular weight excluding hydrogens is 1450 g/mol. The Bertz CT molecular complexity index is 4100. The van der Waals surface area contributed by atoms with Gasteiger partial charge in [-0.15, -0.1) is 0 Å². The van der Waals surface area contributed by atoms with Gasteiger partial charge in [-0.1, -0.05) is 70.1 Å². The van der Waals surface area contributed by atoms with Crippen molar-refractivity contribution in [2.24, 2.45) is 5.10 Å². The van der Waals surface area contributed by atoms with Crippen molar-refractivity contribution < 1.29 is 86.0 Å². The molecule has 0 atom stereocenters. The van der Waals surface area contributed by atoms with Gasteiger partial charge in [0.05, 0.1) is 54.8 Å². The number of rotatable bonds is 14. The largest absolute Gasteiger partial charge is 0.443 e. The Balaban J connectivity index is 1.80. The Morgan fingerprint density at radius 2 is 0.712 bits per heavy atom. The average molecular weight is 1540 g/mol. The van der Waals surface area contributed by atoms with Crippen LogP contribution in [0.15, 0.2) is 102 Å². The van der Waals surface area contributed by atoms with E-state index in [1.807, 2.05) is 0 Å². The summed E-state index contributed by atoms with van der Waals surface area (Å²) in [5, 5.41) is 3.64. The third-order valence-electron chi connectivity index (χ3n) is 13.5. The Labute approximate surface area is 629 Å². The molecule has 30 heteroatoms. The normalized spacial score (nSPS) is 12.2. The van der Waals surface area contributed by atoms with E-state index in [1.54, 1.807) is 55.4 Å². The monoisotopic (exact) mass is 1530 g/mol. The zero-order valence-electron chi connectivity index (χ0n) is 62.0. The molecule has 0 saturated heterocycles. The van der Waals surface area contributed by atoms with Gasteiger partial charge >= 0.3 is 36.6 Å². The van der Waals surface area contributed by atoms with Crippen LogP contribution in [0.4, 0.5) is 62.9 Å². The number of carbonyl (C=O) groups is 12. The number of halogens is 5. The molecule has 0 saturated carbocycles. The van der Waals surface area contributed by atoms with Gasteiger partial charge in [0.15, 0.2) is 17.3 Å². The van der Waals surface area contributed by atoms with E-state index >= 15 is 9.59 Å². The predicted molar refractivity (Wildman–Crippen MR) is 399 cm³/mol. The van der Waals surface area contributed by atoms with Crippen LogP contribution in [-0.2, 0) is 47.6 Å². The number of ether oxygens (including phenoxy) is 6. The van der Waals surface area contributed by atoms with Gasteiger partial charge in [0.2, 0.25) is 0 Å².